The molecule has 2 aromatic rings. The first-order valence-electron chi connectivity index (χ1n) is 2.99. The number of aryl methyl sites for hydroxylation is 1. The van der Waals surface area contributed by atoms with Gasteiger partial charge < -0.3 is 4.98 Å². The van der Waals surface area contributed by atoms with Gasteiger partial charge in [0, 0.05) is 16.5 Å². The van der Waals surface area contributed by atoms with Crippen LogP contribution < -0.4 is 0 Å². The molecule has 0 atom stereocenters. The van der Waals surface area contributed by atoms with Crippen molar-refractivity contribution in [3.63, 3.8) is 0 Å². The van der Waals surface area contributed by atoms with Crippen LogP contribution in [0.1, 0.15) is 5.69 Å². The van der Waals surface area contributed by atoms with Crippen LogP contribution >= 0.6 is 22.9 Å². The van der Waals surface area contributed by atoms with E-state index in [2.05, 4.69) is 11.1 Å². The number of H-pyrrole nitrogens is 1. The molecular weight excluding hydrogens is 166 g/mol. The zero-order valence-electron chi connectivity index (χ0n) is 5.44. The van der Waals surface area contributed by atoms with Crippen LogP contribution in [0, 0.1) is 6.92 Å². The maximum Gasteiger partial charge on any atom is 0.101 e. The van der Waals surface area contributed by atoms with Gasteiger partial charge in [0.25, 0.3) is 0 Å². The van der Waals surface area contributed by atoms with Crippen molar-refractivity contribution >= 4 is 33.2 Å². The minimum absolute atomic E-state index is 0.851. The average molecular weight is 172 g/mol. The lowest BCUT2D eigenvalue weighted by molar-refractivity contribution is 1.31. The first kappa shape index (κ1) is 6.25. The molecule has 1 N–H and O–H groups in total. The maximum atomic E-state index is 5.88. The first-order chi connectivity index (χ1) is 4.77. The third kappa shape index (κ3) is 0.762. The number of aromatic amines is 1. The zero-order chi connectivity index (χ0) is 7.14. The minimum atomic E-state index is 0.851. The fraction of sp³-hybridized carbons (Fsp3) is 0.143. The molecule has 0 aliphatic carbocycles. The Labute approximate surface area is 67.6 Å². The fourth-order valence-corrected chi connectivity index (χ4v) is 2.21. The lowest BCUT2D eigenvalue weighted by Crippen LogP contribution is -1.61. The molecule has 0 aromatic carbocycles. The Balaban J connectivity index is 2.90. The van der Waals surface area contributed by atoms with Gasteiger partial charge in [0.15, 0.2) is 0 Å². The van der Waals surface area contributed by atoms with Crippen molar-refractivity contribution in [1.29, 1.82) is 0 Å². The number of thiophene rings is 1. The summed E-state index contributed by atoms with van der Waals surface area (Å²) in [4.78, 5) is 4.38. The van der Waals surface area contributed by atoms with Crippen molar-refractivity contribution < 1.29 is 0 Å². The minimum Gasteiger partial charge on any atom is -0.350 e. The van der Waals surface area contributed by atoms with Gasteiger partial charge in [0.2, 0.25) is 0 Å². The van der Waals surface area contributed by atoms with E-state index in [4.69, 9.17) is 11.6 Å². The normalized spacial score (nSPS) is 11.0. The topological polar surface area (TPSA) is 15.8 Å². The Morgan fingerprint density at radius 1 is 1.60 bits per heavy atom. The van der Waals surface area contributed by atoms with Crippen LogP contribution in [-0.2, 0) is 0 Å². The highest BCUT2D eigenvalue weighted by Crippen LogP contribution is 2.29. The van der Waals surface area contributed by atoms with Crippen molar-refractivity contribution in [1.82, 2.24) is 4.98 Å². The molecule has 0 aliphatic heterocycles. The van der Waals surface area contributed by atoms with Gasteiger partial charge in [-0.3, -0.25) is 0 Å². The van der Waals surface area contributed by atoms with Gasteiger partial charge in [-0.05, 0) is 13.0 Å². The molecule has 0 unspecified atom stereocenters. The van der Waals surface area contributed by atoms with Crippen molar-refractivity contribution in [2.75, 3.05) is 0 Å². The Kier molecular flexibility index (Phi) is 1.25. The summed E-state index contributed by atoms with van der Waals surface area (Å²) >= 11 is 7.52. The quantitative estimate of drug-likeness (QED) is 0.627. The van der Waals surface area contributed by atoms with Gasteiger partial charge in [-0.1, -0.05) is 11.6 Å². The summed E-state index contributed by atoms with van der Waals surface area (Å²) in [5, 5.41) is 3.94. The molecule has 0 amide bonds. The molecule has 10 heavy (non-hydrogen) atoms. The second-order valence-corrected chi connectivity index (χ2v) is 3.57. The Hall–Kier alpha value is -0.470. The predicted octanol–water partition coefficient (Wildman–Crippen LogP) is 3.19. The van der Waals surface area contributed by atoms with Crippen LogP contribution in [0.5, 0.6) is 0 Å². The molecule has 0 radical (unpaired) electrons. The van der Waals surface area contributed by atoms with Gasteiger partial charge in [0.1, 0.15) is 4.83 Å². The molecule has 1 nitrogen and oxygen atoms in total. The number of hydrogen-bond acceptors (Lipinski definition) is 1. The van der Waals surface area contributed by atoms with Gasteiger partial charge in [0.05, 0.1) is 5.02 Å². The van der Waals surface area contributed by atoms with Gasteiger partial charge in [-0.2, -0.15) is 0 Å². The van der Waals surface area contributed by atoms with Gasteiger partial charge in [-0.25, -0.2) is 0 Å². The van der Waals surface area contributed by atoms with E-state index >= 15 is 0 Å². The molecule has 0 saturated heterocycles. The molecule has 3 heteroatoms. The standard InChI is InChI=1S/C7H6ClNS/c1-4-2-5-6(8)3-10-7(5)9-4/h2-3,9H,1H3. The fourth-order valence-electron chi connectivity index (χ4n) is 1.01. The summed E-state index contributed by atoms with van der Waals surface area (Å²) < 4.78 is 0. The molecule has 52 valence electrons. The van der Waals surface area contributed by atoms with Crippen molar-refractivity contribution in [2.24, 2.45) is 0 Å². The largest absolute Gasteiger partial charge is 0.350 e. The number of fused-ring (bicyclic) bond motifs is 1. The zero-order valence-corrected chi connectivity index (χ0v) is 7.01. The van der Waals surface area contributed by atoms with Crippen molar-refractivity contribution in [3.8, 4) is 0 Å². The molecule has 0 aliphatic rings. The average Bonchev–Trinajstić information content (AvgIpc) is 2.35. The molecule has 2 rings (SSSR count). The van der Waals surface area contributed by atoms with Crippen molar-refractivity contribution in [3.05, 3.63) is 22.2 Å². The highest BCUT2D eigenvalue weighted by Gasteiger charge is 2.02. The molecule has 2 aromatic heterocycles. The smallest absolute Gasteiger partial charge is 0.101 e. The molecule has 0 spiro atoms. The van der Waals surface area contributed by atoms with Gasteiger partial charge >= 0.3 is 0 Å². The van der Waals surface area contributed by atoms with Gasteiger partial charge in [-0.15, -0.1) is 11.3 Å². The monoisotopic (exact) mass is 171 g/mol. The number of aromatic nitrogens is 1. The van der Waals surface area contributed by atoms with Crippen LogP contribution in [0.4, 0.5) is 0 Å². The summed E-state index contributed by atoms with van der Waals surface area (Å²) in [6.45, 7) is 2.03. The van der Waals surface area contributed by atoms with Crippen molar-refractivity contribution in [2.45, 2.75) is 6.92 Å². The summed E-state index contributed by atoms with van der Waals surface area (Å²) in [5.74, 6) is 0. The molecule has 0 fully saturated rings. The lowest BCUT2D eigenvalue weighted by atomic mass is 10.4. The van der Waals surface area contributed by atoms with Crippen LogP contribution in [-0.4, -0.2) is 4.98 Å². The van der Waals surface area contributed by atoms with E-state index in [-0.39, 0.29) is 0 Å². The van der Waals surface area contributed by atoms with Crippen LogP contribution in [0.2, 0.25) is 5.02 Å². The maximum absolute atomic E-state index is 5.88. The SMILES string of the molecule is Cc1cc2c(Cl)csc2[nH]1. The molecule has 2 heterocycles. The number of nitrogens with one attached hydrogen (secondary N) is 1. The van der Waals surface area contributed by atoms with E-state index in [9.17, 15) is 0 Å². The highest BCUT2D eigenvalue weighted by atomic mass is 35.5. The van der Waals surface area contributed by atoms with E-state index in [0.717, 1.165) is 10.4 Å². The van der Waals surface area contributed by atoms with E-state index in [1.54, 1.807) is 11.3 Å². The Morgan fingerprint density at radius 2 is 2.40 bits per heavy atom. The second kappa shape index (κ2) is 2.01. The third-order valence-electron chi connectivity index (χ3n) is 1.45. The Bertz CT molecular complexity index is 360. The molecule has 0 saturated carbocycles. The van der Waals surface area contributed by atoms with E-state index in [1.807, 2.05) is 12.3 Å². The number of rotatable bonds is 0. The number of hydrogen-bond donors (Lipinski definition) is 1. The Morgan fingerprint density at radius 3 is 3.10 bits per heavy atom. The third-order valence-corrected chi connectivity index (χ3v) is 2.81. The van der Waals surface area contributed by atoms with Crippen LogP contribution in [0.15, 0.2) is 11.4 Å². The number of halogens is 1. The van der Waals surface area contributed by atoms with E-state index < -0.39 is 0 Å². The molecule has 0 bridgehead atoms. The molecular formula is C7H6ClNS. The van der Waals surface area contributed by atoms with Crippen LogP contribution in [0.3, 0.4) is 0 Å². The summed E-state index contributed by atoms with van der Waals surface area (Å²) in [6.07, 6.45) is 0. The summed E-state index contributed by atoms with van der Waals surface area (Å²) in [7, 11) is 0. The van der Waals surface area contributed by atoms with E-state index in [0.29, 0.717) is 0 Å². The lowest BCUT2D eigenvalue weighted by Gasteiger charge is -1.75. The predicted molar refractivity (Wildman–Crippen MR) is 45.9 cm³/mol. The van der Waals surface area contributed by atoms with Crippen LogP contribution in [0.25, 0.3) is 10.2 Å². The summed E-state index contributed by atoms with van der Waals surface area (Å²) in [6, 6.07) is 2.06. The summed E-state index contributed by atoms with van der Waals surface area (Å²) in [5.41, 5.74) is 1.17. The second-order valence-electron chi connectivity index (χ2n) is 2.28. The highest BCUT2D eigenvalue weighted by molar-refractivity contribution is 7.17. The van der Waals surface area contributed by atoms with E-state index in [1.165, 1.54) is 10.5 Å². The first-order valence-corrected chi connectivity index (χ1v) is 4.25.